The predicted molar refractivity (Wildman–Crippen MR) is 76.1 cm³/mol. The number of carbonyl (C=O) groups is 2. The molecule has 1 amide bonds. The van der Waals surface area contributed by atoms with E-state index in [9.17, 15) is 22.8 Å². The van der Waals surface area contributed by atoms with E-state index in [1.807, 2.05) is 0 Å². The molecule has 8 heteroatoms. The van der Waals surface area contributed by atoms with Crippen molar-refractivity contribution in [3.63, 3.8) is 0 Å². The molecule has 120 valence electrons. The molecule has 0 atom stereocenters. The standard InChI is InChI=1S/C15H11F3N2O3/c16-8-2-4-13(11(18)5-8)20-14(21)7-23-15(22)10-3-1-9(17)6-12(10)19/h1-6H,7,19H2,(H,20,21). The van der Waals surface area contributed by atoms with Gasteiger partial charge in [-0.25, -0.2) is 18.0 Å². The highest BCUT2D eigenvalue weighted by atomic mass is 19.1. The van der Waals surface area contributed by atoms with Gasteiger partial charge in [-0.3, -0.25) is 4.79 Å². The lowest BCUT2D eigenvalue weighted by molar-refractivity contribution is -0.119. The maximum absolute atomic E-state index is 13.4. The number of nitrogen functional groups attached to an aromatic ring is 1. The Bertz CT molecular complexity index is 766. The molecule has 0 aromatic heterocycles. The summed E-state index contributed by atoms with van der Waals surface area (Å²) in [6.07, 6.45) is 0. The first-order chi connectivity index (χ1) is 10.9. The molecule has 0 aliphatic heterocycles. The highest BCUT2D eigenvalue weighted by Crippen LogP contribution is 2.16. The van der Waals surface area contributed by atoms with Crippen molar-refractivity contribution in [2.24, 2.45) is 0 Å². The van der Waals surface area contributed by atoms with E-state index in [1.54, 1.807) is 0 Å². The molecule has 0 saturated carbocycles. The topological polar surface area (TPSA) is 81.4 Å². The summed E-state index contributed by atoms with van der Waals surface area (Å²) in [5, 5.41) is 2.12. The van der Waals surface area contributed by atoms with Crippen LogP contribution in [0.5, 0.6) is 0 Å². The highest BCUT2D eigenvalue weighted by Gasteiger charge is 2.15. The SMILES string of the molecule is Nc1cc(F)ccc1C(=O)OCC(=O)Nc1ccc(F)cc1F. The molecule has 0 unspecified atom stereocenters. The van der Waals surface area contributed by atoms with Crippen LogP contribution in [0.15, 0.2) is 36.4 Å². The van der Waals surface area contributed by atoms with Gasteiger partial charge in [0.25, 0.3) is 5.91 Å². The summed E-state index contributed by atoms with van der Waals surface area (Å²) in [6, 6.07) is 5.66. The van der Waals surface area contributed by atoms with Crippen LogP contribution in [0.2, 0.25) is 0 Å². The first kappa shape index (κ1) is 16.3. The summed E-state index contributed by atoms with van der Waals surface area (Å²) in [6.45, 7) is -0.716. The van der Waals surface area contributed by atoms with Gasteiger partial charge < -0.3 is 15.8 Å². The average molecular weight is 324 g/mol. The largest absolute Gasteiger partial charge is 0.452 e. The minimum absolute atomic E-state index is 0.104. The lowest BCUT2D eigenvalue weighted by Gasteiger charge is -2.08. The van der Waals surface area contributed by atoms with Gasteiger partial charge in [-0.1, -0.05) is 0 Å². The van der Waals surface area contributed by atoms with Crippen LogP contribution < -0.4 is 11.1 Å². The second-order valence-corrected chi connectivity index (χ2v) is 4.48. The van der Waals surface area contributed by atoms with Crippen LogP contribution in [0.25, 0.3) is 0 Å². The van der Waals surface area contributed by atoms with Crippen molar-refractivity contribution in [3.05, 3.63) is 59.4 Å². The van der Waals surface area contributed by atoms with Crippen molar-refractivity contribution in [1.82, 2.24) is 0 Å². The lowest BCUT2D eigenvalue weighted by atomic mass is 10.2. The van der Waals surface area contributed by atoms with Gasteiger partial charge in [0.1, 0.15) is 17.5 Å². The quantitative estimate of drug-likeness (QED) is 0.669. The zero-order valence-corrected chi connectivity index (χ0v) is 11.6. The molecule has 0 heterocycles. The van der Waals surface area contributed by atoms with Gasteiger partial charge in [0.2, 0.25) is 0 Å². The Morgan fingerprint density at radius 2 is 1.70 bits per heavy atom. The number of anilines is 2. The zero-order chi connectivity index (χ0) is 17.0. The smallest absolute Gasteiger partial charge is 0.340 e. The number of benzene rings is 2. The van der Waals surface area contributed by atoms with Crippen molar-refractivity contribution in [2.75, 3.05) is 17.7 Å². The molecule has 2 aromatic rings. The van der Waals surface area contributed by atoms with Crippen LogP contribution >= 0.6 is 0 Å². The summed E-state index contributed by atoms with van der Waals surface area (Å²) in [4.78, 5) is 23.3. The summed E-state index contributed by atoms with van der Waals surface area (Å²) in [7, 11) is 0. The van der Waals surface area contributed by atoms with Gasteiger partial charge in [-0.2, -0.15) is 0 Å². The van der Waals surface area contributed by atoms with Crippen LogP contribution in [0.3, 0.4) is 0 Å². The Morgan fingerprint density at radius 1 is 1.04 bits per heavy atom. The Hall–Kier alpha value is -3.03. The third-order valence-electron chi connectivity index (χ3n) is 2.77. The number of halogens is 3. The van der Waals surface area contributed by atoms with Crippen molar-refractivity contribution in [1.29, 1.82) is 0 Å². The highest BCUT2D eigenvalue weighted by molar-refractivity contribution is 5.98. The fraction of sp³-hybridized carbons (Fsp3) is 0.0667. The third kappa shape index (κ3) is 4.22. The molecule has 0 aliphatic carbocycles. The van der Waals surface area contributed by atoms with Crippen LogP contribution in [0.4, 0.5) is 24.5 Å². The summed E-state index contributed by atoms with van der Waals surface area (Å²) in [5.41, 5.74) is 4.96. The van der Waals surface area contributed by atoms with Crippen LogP contribution in [-0.4, -0.2) is 18.5 Å². The Labute approximate surface area is 128 Å². The first-order valence-electron chi connectivity index (χ1n) is 6.34. The normalized spacial score (nSPS) is 10.2. The van der Waals surface area contributed by atoms with E-state index >= 15 is 0 Å². The van der Waals surface area contributed by atoms with E-state index in [-0.39, 0.29) is 16.9 Å². The van der Waals surface area contributed by atoms with Crippen LogP contribution in [0, 0.1) is 17.5 Å². The van der Waals surface area contributed by atoms with E-state index in [2.05, 4.69) is 5.32 Å². The fourth-order valence-electron chi connectivity index (χ4n) is 1.71. The molecule has 0 bridgehead atoms. The van der Waals surface area contributed by atoms with Crippen molar-refractivity contribution in [3.8, 4) is 0 Å². The maximum Gasteiger partial charge on any atom is 0.340 e. The van der Waals surface area contributed by atoms with Crippen molar-refractivity contribution in [2.45, 2.75) is 0 Å². The molecule has 23 heavy (non-hydrogen) atoms. The molecule has 3 N–H and O–H groups in total. The monoisotopic (exact) mass is 324 g/mol. The van der Waals surface area contributed by atoms with Gasteiger partial charge in [-0.05, 0) is 30.3 Å². The molecule has 5 nitrogen and oxygen atoms in total. The van der Waals surface area contributed by atoms with Crippen molar-refractivity contribution >= 4 is 23.3 Å². The minimum atomic E-state index is -0.965. The third-order valence-corrected chi connectivity index (χ3v) is 2.77. The van der Waals surface area contributed by atoms with Crippen LogP contribution in [-0.2, 0) is 9.53 Å². The van der Waals surface area contributed by atoms with Gasteiger partial charge in [0, 0.05) is 11.8 Å². The summed E-state index contributed by atoms with van der Waals surface area (Å²) < 4.78 is 43.7. The molecular formula is C15H11F3N2O3. The molecule has 0 saturated heterocycles. The number of ether oxygens (including phenoxy) is 1. The number of carbonyl (C=O) groups excluding carboxylic acids is 2. The molecular weight excluding hydrogens is 313 g/mol. The molecule has 0 fully saturated rings. The Balaban J connectivity index is 1.94. The van der Waals surface area contributed by atoms with E-state index in [4.69, 9.17) is 10.5 Å². The molecule has 0 spiro atoms. The second-order valence-electron chi connectivity index (χ2n) is 4.48. The molecule has 0 radical (unpaired) electrons. The van der Waals surface area contributed by atoms with Gasteiger partial charge in [0.15, 0.2) is 6.61 Å². The van der Waals surface area contributed by atoms with E-state index in [0.717, 1.165) is 30.3 Å². The summed E-state index contributed by atoms with van der Waals surface area (Å²) >= 11 is 0. The fourth-order valence-corrected chi connectivity index (χ4v) is 1.71. The first-order valence-corrected chi connectivity index (χ1v) is 6.34. The number of amides is 1. The Kier molecular flexibility index (Phi) is 4.85. The van der Waals surface area contributed by atoms with Crippen molar-refractivity contribution < 1.29 is 27.5 Å². The van der Waals surface area contributed by atoms with E-state index in [0.29, 0.717) is 6.07 Å². The number of rotatable bonds is 4. The van der Waals surface area contributed by atoms with E-state index < -0.39 is 35.9 Å². The molecule has 2 aromatic carbocycles. The number of hydrogen-bond acceptors (Lipinski definition) is 4. The maximum atomic E-state index is 13.4. The zero-order valence-electron chi connectivity index (χ0n) is 11.6. The Morgan fingerprint density at radius 3 is 2.35 bits per heavy atom. The van der Waals surface area contributed by atoms with Crippen LogP contribution in [0.1, 0.15) is 10.4 Å². The second kappa shape index (κ2) is 6.82. The average Bonchev–Trinajstić information content (AvgIpc) is 2.48. The summed E-state index contributed by atoms with van der Waals surface area (Å²) in [5.74, 6) is -4.14. The predicted octanol–water partition coefficient (Wildman–Crippen LogP) is 2.48. The molecule has 2 rings (SSSR count). The van der Waals surface area contributed by atoms with Gasteiger partial charge >= 0.3 is 5.97 Å². The number of nitrogens with one attached hydrogen (secondary N) is 1. The van der Waals surface area contributed by atoms with E-state index in [1.165, 1.54) is 0 Å². The lowest BCUT2D eigenvalue weighted by Crippen LogP contribution is -2.22. The number of esters is 1. The number of hydrogen-bond donors (Lipinski definition) is 2. The number of nitrogens with two attached hydrogens (primary N) is 1. The van der Waals surface area contributed by atoms with Gasteiger partial charge in [0.05, 0.1) is 11.3 Å². The minimum Gasteiger partial charge on any atom is -0.452 e. The van der Waals surface area contributed by atoms with Gasteiger partial charge in [-0.15, -0.1) is 0 Å². The molecule has 0 aliphatic rings.